The number of likely N-dealkylation sites (N-methyl/N-ethyl adjacent to an activating group) is 1. The normalized spacial score (nSPS) is 24.3. The number of amides is 1. The van der Waals surface area contributed by atoms with Gasteiger partial charge in [0.2, 0.25) is 5.91 Å². The van der Waals surface area contributed by atoms with Crippen LogP contribution in [0.3, 0.4) is 0 Å². The van der Waals surface area contributed by atoms with E-state index < -0.39 is 11.9 Å². The van der Waals surface area contributed by atoms with Crippen LogP contribution in [0, 0.1) is 11.8 Å². The highest BCUT2D eigenvalue weighted by atomic mass is 16.4. The number of carboxylic acids is 1. The van der Waals surface area contributed by atoms with Crippen molar-refractivity contribution in [3.8, 4) is 0 Å². The second-order valence-corrected chi connectivity index (χ2v) is 5.42. The standard InChI is InChI=1S/C13H24N2O3/c1-4-14-11-6-10(13(17)18)7-15(8-11)12(16)5-9(2)3/h9-11,14H,4-8H2,1-3H3,(H,17,18). The fourth-order valence-electron chi connectivity index (χ4n) is 2.40. The maximum Gasteiger partial charge on any atom is 0.308 e. The van der Waals surface area contributed by atoms with Gasteiger partial charge in [-0.25, -0.2) is 0 Å². The first kappa shape index (κ1) is 15.0. The molecule has 1 aliphatic heterocycles. The number of nitrogens with one attached hydrogen (secondary N) is 1. The van der Waals surface area contributed by atoms with E-state index in [2.05, 4.69) is 5.32 Å². The molecule has 0 saturated carbocycles. The summed E-state index contributed by atoms with van der Waals surface area (Å²) in [6, 6.07) is 0.0981. The molecule has 2 unspecified atom stereocenters. The molecule has 104 valence electrons. The summed E-state index contributed by atoms with van der Waals surface area (Å²) in [5.74, 6) is -0.877. The minimum Gasteiger partial charge on any atom is -0.481 e. The zero-order chi connectivity index (χ0) is 13.7. The number of hydrogen-bond donors (Lipinski definition) is 2. The lowest BCUT2D eigenvalue weighted by molar-refractivity contribution is -0.146. The van der Waals surface area contributed by atoms with Crippen LogP contribution in [0.1, 0.15) is 33.6 Å². The van der Waals surface area contributed by atoms with Gasteiger partial charge in [-0.05, 0) is 18.9 Å². The van der Waals surface area contributed by atoms with Gasteiger partial charge in [-0.15, -0.1) is 0 Å². The molecule has 1 aliphatic rings. The van der Waals surface area contributed by atoms with Crippen molar-refractivity contribution in [1.82, 2.24) is 10.2 Å². The molecule has 1 saturated heterocycles. The summed E-state index contributed by atoms with van der Waals surface area (Å²) in [6.45, 7) is 7.76. The number of likely N-dealkylation sites (tertiary alicyclic amines) is 1. The quantitative estimate of drug-likeness (QED) is 0.768. The number of carbonyl (C=O) groups excluding carboxylic acids is 1. The molecule has 5 heteroatoms. The molecule has 1 fully saturated rings. The lowest BCUT2D eigenvalue weighted by atomic mass is 9.93. The average molecular weight is 256 g/mol. The van der Waals surface area contributed by atoms with E-state index in [-0.39, 0.29) is 11.9 Å². The molecular formula is C13H24N2O3. The molecular weight excluding hydrogens is 232 g/mol. The Morgan fingerprint density at radius 1 is 1.39 bits per heavy atom. The molecule has 1 heterocycles. The van der Waals surface area contributed by atoms with Gasteiger partial charge in [0, 0.05) is 25.6 Å². The highest BCUT2D eigenvalue weighted by Crippen LogP contribution is 2.19. The molecule has 2 atom stereocenters. The fraction of sp³-hybridized carbons (Fsp3) is 0.846. The molecule has 18 heavy (non-hydrogen) atoms. The second-order valence-electron chi connectivity index (χ2n) is 5.42. The van der Waals surface area contributed by atoms with E-state index in [1.807, 2.05) is 20.8 Å². The topological polar surface area (TPSA) is 69.6 Å². The first-order chi connectivity index (χ1) is 8.43. The first-order valence-corrected chi connectivity index (χ1v) is 6.68. The van der Waals surface area contributed by atoms with Crippen LogP contribution >= 0.6 is 0 Å². The van der Waals surface area contributed by atoms with Gasteiger partial charge in [-0.1, -0.05) is 20.8 Å². The van der Waals surface area contributed by atoms with E-state index in [0.29, 0.717) is 31.8 Å². The Bertz CT molecular complexity index is 305. The lowest BCUT2D eigenvalue weighted by Crippen LogP contribution is -2.53. The predicted octanol–water partition coefficient (Wildman–Crippen LogP) is 0.944. The average Bonchev–Trinajstić information content (AvgIpc) is 2.28. The van der Waals surface area contributed by atoms with Gasteiger partial charge in [0.1, 0.15) is 0 Å². The monoisotopic (exact) mass is 256 g/mol. The zero-order valence-electron chi connectivity index (χ0n) is 11.5. The van der Waals surface area contributed by atoms with Crippen LogP contribution in [0.25, 0.3) is 0 Å². The molecule has 0 spiro atoms. The molecule has 0 radical (unpaired) electrons. The Morgan fingerprint density at radius 3 is 2.56 bits per heavy atom. The number of rotatable bonds is 5. The van der Waals surface area contributed by atoms with Gasteiger partial charge >= 0.3 is 5.97 Å². The number of piperidine rings is 1. The van der Waals surface area contributed by atoms with Crippen molar-refractivity contribution in [2.24, 2.45) is 11.8 Å². The molecule has 0 aromatic heterocycles. The molecule has 0 aromatic carbocycles. The number of nitrogens with zero attached hydrogens (tertiary/aromatic N) is 1. The number of aliphatic carboxylic acids is 1. The van der Waals surface area contributed by atoms with E-state index in [0.717, 1.165) is 6.54 Å². The molecule has 5 nitrogen and oxygen atoms in total. The fourth-order valence-corrected chi connectivity index (χ4v) is 2.40. The molecule has 0 aliphatic carbocycles. The third-order valence-corrected chi connectivity index (χ3v) is 3.23. The van der Waals surface area contributed by atoms with E-state index in [9.17, 15) is 9.59 Å². The Balaban J connectivity index is 2.66. The summed E-state index contributed by atoms with van der Waals surface area (Å²) in [5, 5.41) is 12.4. The van der Waals surface area contributed by atoms with Gasteiger partial charge in [-0.3, -0.25) is 9.59 Å². The Kier molecular flexibility index (Phi) is 5.59. The van der Waals surface area contributed by atoms with Crippen molar-refractivity contribution < 1.29 is 14.7 Å². The highest BCUT2D eigenvalue weighted by Gasteiger charge is 2.33. The van der Waals surface area contributed by atoms with Crippen molar-refractivity contribution in [2.75, 3.05) is 19.6 Å². The summed E-state index contributed by atoms with van der Waals surface area (Å²) in [5.41, 5.74) is 0. The first-order valence-electron chi connectivity index (χ1n) is 6.68. The molecule has 0 aromatic rings. The Hall–Kier alpha value is -1.10. The molecule has 1 amide bonds. The van der Waals surface area contributed by atoms with Crippen molar-refractivity contribution in [2.45, 2.75) is 39.7 Å². The van der Waals surface area contributed by atoms with Crippen LogP contribution in [0.5, 0.6) is 0 Å². The summed E-state index contributed by atoms with van der Waals surface area (Å²) in [4.78, 5) is 24.9. The molecule has 2 N–H and O–H groups in total. The maximum absolute atomic E-state index is 12.0. The van der Waals surface area contributed by atoms with Crippen LogP contribution in [0.4, 0.5) is 0 Å². The SMILES string of the molecule is CCNC1CC(C(=O)O)CN(C(=O)CC(C)C)C1. The van der Waals surface area contributed by atoms with Gasteiger partial charge in [0.25, 0.3) is 0 Å². The van der Waals surface area contributed by atoms with Gasteiger partial charge in [-0.2, -0.15) is 0 Å². The smallest absolute Gasteiger partial charge is 0.308 e. The van der Waals surface area contributed by atoms with Crippen LogP contribution in [0.2, 0.25) is 0 Å². The van der Waals surface area contributed by atoms with Crippen molar-refractivity contribution >= 4 is 11.9 Å². The van der Waals surface area contributed by atoms with Gasteiger partial charge < -0.3 is 15.3 Å². The van der Waals surface area contributed by atoms with E-state index in [1.165, 1.54) is 0 Å². The summed E-state index contributed by atoms with van der Waals surface area (Å²) < 4.78 is 0. The minimum atomic E-state index is -0.806. The number of hydrogen-bond acceptors (Lipinski definition) is 3. The van der Waals surface area contributed by atoms with E-state index in [1.54, 1.807) is 4.90 Å². The van der Waals surface area contributed by atoms with E-state index in [4.69, 9.17) is 5.11 Å². The van der Waals surface area contributed by atoms with Gasteiger partial charge in [0.05, 0.1) is 5.92 Å². The summed E-state index contributed by atoms with van der Waals surface area (Å²) >= 11 is 0. The Morgan fingerprint density at radius 2 is 2.06 bits per heavy atom. The van der Waals surface area contributed by atoms with Crippen LogP contribution in [-0.4, -0.2) is 47.6 Å². The minimum absolute atomic E-state index is 0.0684. The summed E-state index contributed by atoms with van der Waals surface area (Å²) in [6.07, 6.45) is 1.10. The number of carbonyl (C=O) groups is 2. The molecule has 1 rings (SSSR count). The third-order valence-electron chi connectivity index (χ3n) is 3.23. The number of carboxylic acid groups (broad SMARTS) is 1. The highest BCUT2D eigenvalue weighted by molar-refractivity contribution is 5.78. The maximum atomic E-state index is 12.0. The van der Waals surface area contributed by atoms with Crippen molar-refractivity contribution in [3.05, 3.63) is 0 Å². The second kappa shape index (κ2) is 6.73. The van der Waals surface area contributed by atoms with Crippen LogP contribution < -0.4 is 5.32 Å². The lowest BCUT2D eigenvalue weighted by Gasteiger charge is -2.36. The summed E-state index contributed by atoms with van der Waals surface area (Å²) in [7, 11) is 0. The van der Waals surface area contributed by atoms with Gasteiger partial charge in [0.15, 0.2) is 0 Å². The van der Waals surface area contributed by atoms with Crippen LogP contribution in [-0.2, 0) is 9.59 Å². The zero-order valence-corrected chi connectivity index (χ0v) is 11.5. The van der Waals surface area contributed by atoms with Crippen LogP contribution in [0.15, 0.2) is 0 Å². The van der Waals surface area contributed by atoms with Crippen molar-refractivity contribution in [3.63, 3.8) is 0 Å². The van der Waals surface area contributed by atoms with Crippen molar-refractivity contribution in [1.29, 1.82) is 0 Å². The van der Waals surface area contributed by atoms with E-state index >= 15 is 0 Å². The Labute approximate surface area is 109 Å². The predicted molar refractivity (Wildman–Crippen MR) is 69.2 cm³/mol. The molecule has 0 bridgehead atoms. The largest absolute Gasteiger partial charge is 0.481 e. The third kappa shape index (κ3) is 4.29.